The zero-order valence-corrected chi connectivity index (χ0v) is 21.6. The van der Waals surface area contributed by atoms with Crippen LogP contribution in [0.15, 0.2) is 42.5 Å². The average molecular weight is 529 g/mol. The molecule has 2 amide bonds. The molecule has 2 N–H and O–H groups in total. The highest BCUT2D eigenvalue weighted by Crippen LogP contribution is 2.38. The van der Waals surface area contributed by atoms with Crippen molar-refractivity contribution in [3.63, 3.8) is 0 Å². The van der Waals surface area contributed by atoms with E-state index >= 15 is 0 Å². The molecule has 7 nitrogen and oxygen atoms in total. The number of hydrogen-bond donors (Lipinski definition) is 1. The highest BCUT2D eigenvalue weighted by Gasteiger charge is 2.30. The van der Waals surface area contributed by atoms with Crippen LogP contribution in [-0.2, 0) is 22.6 Å². The number of halogens is 2. The Balaban J connectivity index is 1.45. The minimum atomic E-state index is -0.476. The van der Waals surface area contributed by atoms with Gasteiger partial charge in [0.15, 0.2) is 0 Å². The summed E-state index contributed by atoms with van der Waals surface area (Å²) >= 11 is 13.0. The molecule has 3 heterocycles. The van der Waals surface area contributed by atoms with E-state index in [0.29, 0.717) is 54.5 Å². The maximum Gasteiger partial charge on any atom is 0.271 e. The smallest absolute Gasteiger partial charge is 0.271 e. The van der Waals surface area contributed by atoms with Crippen LogP contribution in [0.5, 0.6) is 0 Å². The first-order chi connectivity index (χ1) is 17.4. The number of carbonyl (C=O) groups is 2. The number of likely N-dealkylation sites (tertiary alicyclic amines) is 1. The van der Waals surface area contributed by atoms with E-state index in [9.17, 15) is 9.59 Å². The zero-order valence-electron chi connectivity index (χ0n) is 20.1. The number of hydrogen-bond acceptors (Lipinski definition) is 4. The van der Waals surface area contributed by atoms with Gasteiger partial charge in [0.1, 0.15) is 12.2 Å². The van der Waals surface area contributed by atoms with Crippen molar-refractivity contribution in [2.75, 3.05) is 39.4 Å². The van der Waals surface area contributed by atoms with Crippen LogP contribution in [0.1, 0.15) is 40.4 Å². The molecule has 9 heteroatoms. The Hall–Kier alpha value is -2.58. The minimum absolute atomic E-state index is 0.0427. The van der Waals surface area contributed by atoms with Crippen LogP contribution in [0.4, 0.5) is 0 Å². The van der Waals surface area contributed by atoms with E-state index in [4.69, 9.17) is 33.7 Å². The van der Waals surface area contributed by atoms with Gasteiger partial charge in [0, 0.05) is 46.1 Å². The van der Waals surface area contributed by atoms with Gasteiger partial charge in [0.25, 0.3) is 5.91 Å². The van der Waals surface area contributed by atoms with Crippen molar-refractivity contribution in [1.82, 2.24) is 14.4 Å². The zero-order chi connectivity index (χ0) is 25.2. The topological polar surface area (TPSA) is 80.8 Å². The number of fused-ring (bicyclic) bond motifs is 1. The number of benzene rings is 2. The van der Waals surface area contributed by atoms with Crippen molar-refractivity contribution in [2.45, 2.75) is 31.8 Å². The molecule has 0 unspecified atom stereocenters. The van der Waals surface area contributed by atoms with Crippen molar-refractivity contribution in [2.24, 2.45) is 5.73 Å². The molecule has 0 atom stereocenters. The van der Waals surface area contributed by atoms with E-state index in [1.54, 1.807) is 4.57 Å². The molecule has 36 heavy (non-hydrogen) atoms. The number of nitrogens with two attached hydrogens (primary N) is 1. The lowest BCUT2D eigenvalue weighted by molar-refractivity contribution is -0.118. The summed E-state index contributed by atoms with van der Waals surface area (Å²) in [5.41, 5.74) is 8.98. The van der Waals surface area contributed by atoms with Crippen molar-refractivity contribution < 1.29 is 14.3 Å². The lowest BCUT2D eigenvalue weighted by Crippen LogP contribution is -2.42. The van der Waals surface area contributed by atoms with Crippen LogP contribution >= 0.6 is 23.2 Å². The van der Waals surface area contributed by atoms with Crippen molar-refractivity contribution >= 4 is 45.9 Å². The lowest BCUT2D eigenvalue weighted by Gasteiger charge is -2.33. The number of ether oxygens (including phenoxy) is 1. The molecule has 2 aromatic carbocycles. The maximum absolute atomic E-state index is 13.8. The standard InChI is InChI=1S/C27H30Cl2N4O3/c28-21-5-3-6-22(29)25(21)18-8-10-31(11-9-18)16-20-19-4-1-2-7-23(19)33(17-24(30)34)26(20)27(35)32-12-14-36-15-13-32/h1-7,18H,8-17H2,(H2,30,34). The third-order valence-corrected chi connectivity index (χ3v) is 7.93. The van der Waals surface area contributed by atoms with Crippen molar-refractivity contribution in [3.05, 3.63) is 69.3 Å². The Kier molecular flexibility index (Phi) is 7.53. The number of rotatable bonds is 6. The number of morpholine rings is 1. The summed E-state index contributed by atoms with van der Waals surface area (Å²) in [5, 5.41) is 2.41. The van der Waals surface area contributed by atoms with E-state index in [2.05, 4.69) is 4.90 Å². The Bertz CT molecular complexity index is 1260. The molecule has 3 aromatic rings. The molecule has 0 saturated carbocycles. The normalized spacial score (nSPS) is 17.6. The van der Waals surface area contributed by atoms with Crippen molar-refractivity contribution in [1.29, 1.82) is 0 Å². The van der Waals surface area contributed by atoms with Crippen LogP contribution < -0.4 is 5.73 Å². The second-order valence-corrected chi connectivity index (χ2v) is 10.3. The maximum atomic E-state index is 13.8. The second kappa shape index (κ2) is 10.8. The first-order valence-electron chi connectivity index (χ1n) is 12.4. The fourth-order valence-corrected chi connectivity index (χ4v) is 6.23. The van der Waals surface area contributed by atoms with Gasteiger partial charge >= 0.3 is 0 Å². The number of piperidine rings is 1. The molecule has 2 saturated heterocycles. The molecular weight excluding hydrogens is 499 g/mol. The van der Waals surface area contributed by atoms with Crippen LogP contribution in [0.25, 0.3) is 10.9 Å². The van der Waals surface area contributed by atoms with E-state index < -0.39 is 5.91 Å². The fourth-order valence-electron chi connectivity index (χ4n) is 5.52. The predicted octanol–water partition coefficient (Wildman–Crippen LogP) is 4.29. The summed E-state index contributed by atoms with van der Waals surface area (Å²) in [6.45, 7) is 4.35. The molecule has 0 radical (unpaired) electrons. The molecule has 5 rings (SSSR count). The largest absolute Gasteiger partial charge is 0.378 e. The van der Waals surface area contributed by atoms with Crippen molar-refractivity contribution in [3.8, 4) is 0 Å². The molecule has 2 aliphatic heterocycles. The number of para-hydroxylation sites is 1. The first kappa shape index (κ1) is 25.1. The molecule has 2 aliphatic rings. The molecule has 0 spiro atoms. The Morgan fingerprint density at radius 1 is 0.944 bits per heavy atom. The number of amides is 2. The number of carbonyl (C=O) groups excluding carboxylic acids is 2. The van der Waals surface area contributed by atoms with Gasteiger partial charge in [-0.05, 0) is 55.6 Å². The summed E-state index contributed by atoms with van der Waals surface area (Å²) in [7, 11) is 0. The number of primary amides is 1. The van der Waals surface area contributed by atoms with Gasteiger partial charge < -0.3 is 19.9 Å². The predicted molar refractivity (Wildman–Crippen MR) is 142 cm³/mol. The molecular formula is C27H30Cl2N4O3. The highest BCUT2D eigenvalue weighted by molar-refractivity contribution is 6.36. The van der Waals surface area contributed by atoms with Gasteiger partial charge in [-0.3, -0.25) is 14.5 Å². The Morgan fingerprint density at radius 3 is 2.28 bits per heavy atom. The number of nitrogens with zero attached hydrogens (tertiary/aromatic N) is 3. The van der Waals surface area contributed by atoms with Crippen LogP contribution in [0.2, 0.25) is 10.0 Å². The molecule has 0 bridgehead atoms. The molecule has 190 valence electrons. The lowest BCUT2D eigenvalue weighted by atomic mass is 9.89. The van der Waals surface area contributed by atoms with Gasteiger partial charge in [-0.1, -0.05) is 47.5 Å². The third kappa shape index (κ3) is 4.98. The highest BCUT2D eigenvalue weighted by atomic mass is 35.5. The van der Waals surface area contributed by atoms with Gasteiger partial charge in [-0.25, -0.2) is 0 Å². The molecule has 2 fully saturated rings. The summed E-state index contributed by atoms with van der Waals surface area (Å²) in [5.74, 6) is -0.257. The second-order valence-electron chi connectivity index (χ2n) is 9.49. The SMILES string of the molecule is NC(=O)Cn1c(C(=O)N2CCOCC2)c(CN2CCC(c3c(Cl)cccc3Cl)CC2)c2ccccc21. The first-order valence-corrected chi connectivity index (χ1v) is 13.1. The quantitative estimate of drug-likeness (QED) is 0.517. The monoisotopic (exact) mass is 528 g/mol. The van der Waals surface area contributed by atoms with Gasteiger partial charge in [-0.2, -0.15) is 0 Å². The fraction of sp³-hybridized carbons (Fsp3) is 0.407. The van der Waals surface area contributed by atoms with Crippen LogP contribution in [0, 0.1) is 0 Å². The third-order valence-electron chi connectivity index (χ3n) is 7.27. The molecule has 1 aromatic heterocycles. The summed E-state index contributed by atoms with van der Waals surface area (Å²) in [4.78, 5) is 30.0. The number of aromatic nitrogens is 1. The van der Waals surface area contributed by atoms with Crippen LogP contribution in [0.3, 0.4) is 0 Å². The average Bonchev–Trinajstić information content (AvgIpc) is 3.17. The molecule has 0 aliphatic carbocycles. The van der Waals surface area contributed by atoms with Crippen LogP contribution in [-0.4, -0.2) is 65.6 Å². The van der Waals surface area contributed by atoms with E-state index in [1.165, 1.54) is 0 Å². The van der Waals surface area contributed by atoms with Gasteiger partial charge in [-0.15, -0.1) is 0 Å². The van der Waals surface area contributed by atoms with E-state index in [-0.39, 0.29) is 12.5 Å². The van der Waals surface area contributed by atoms with Gasteiger partial charge in [0.2, 0.25) is 5.91 Å². The van der Waals surface area contributed by atoms with Gasteiger partial charge in [0.05, 0.1) is 13.2 Å². The summed E-state index contributed by atoms with van der Waals surface area (Å²) in [6, 6.07) is 13.5. The summed E-state index contributed by atoms with van der Waals surface area (Å²) < 4.78 is 7.25. The minimum Gasteiger partial charge on any atom is -0.378 e. The van der Waals surface area contributed by atoms with E-state index in [1.807, 2.05) is 47.4 Å². The summed E-state index contributed by atoms with van der Waals surface area (Å²) in [6.07, 6.45) is 1.85. The van der Waals surface area contributed by atoms with E-state index in [0.717, 1.165) is 48.0 Å². The Labute approximate surface area is 220 Å². The Morgan fingerprint density at radius 2 is 1.61 bits per heavy atom.